The van der Waals surface area contributed by atoms with Crippen LogP contribution in [0.2, 0.25) is 5.02 Å². The van der Waals surface area contributed by atoms with Crippen molar-refractivity contribution in [3.8, 4) is 0 Å². The fraction of sp³-hybridized carbons (Fsp3) is 0. The Hall–Kier alpha value is -2.88. The molecule has 0 saturated carbocycles. The molecule has 1 heterocycles. The highest BCUT2D eigenvalue weighted by atomic mass is 35.5. The third-order valence-corrected chi connectivity index (χ3v) is 7.27. The molecular formula is C20H16ClN4OP. The normalized spacial score (nSPS) is 15.1. The van der Waals surface area contributed by atoms with Crippen LogP contribution in [0.5, 0.6) is 0 Å². The molecule has 1 aliphatic heterocycles. The Morgan fingerprint density at radius 2 is 1.41 bits per heavy atom. The SMILES string of the molecule is O=P(c1ccccc1)(c1ccccc1)N1NN=N/C1=C/c1ccc(Cl)cc1. The monoisotopic (exact) mass is 394 g/mol. The minimum absolute atomic E-state index is 0.466. The van der Waals surface area contributed by atoms with Crippen molar-refractivity contribution in [3.63, 3.8) is 0 Å². The van der Waals surface area contributed by atoms with Crippen molar-refractivity contribution in [2.75, 3.05) is 0 Å². The van der Waals surface area contributed by atoms with E-state index in [4.69, 9.17) is 11.6 Å². The van der Waals surface area contributed by atoms with Gasteiger partial charge in [-0.05, 0) is 48.0 Å². The molecule has 7 heteroatoms. The molecule has 0 fully saturated rings. The van der Waals surface area contributed by atoms with Crippen molar-refractivity contribution in [2.45, 2.75) is 0 Å². The van der Waals surface area contributed by atoms with Crippen LogP contribution in [-0.4, -0.2) is 4.78 Å². The number of nitrogens with one attached hydrogen (secondary N) is 1. The number of hydrogen-bond acceptors (Lipinski definition) is 4. The fourth-order valence-electron chi connectivity index (χ4n) is 2.86. The molecule has 1 aliphatic rings. The summed E-state index contributed by atoms with van der Waals surface area (Å²) in [6.45, 7) is 0. The number of benzene rings is 3. The molecule has 0 atom stereocenters. The lowest BCUT2D eigenvalue weighted by Gasteiger charge is -2.28. The highest BCUT2D eigenvalue weighted by molar-refractivity contribution is 7.76. The molecule has 3 aromatic rings. The molecule has 0 bridgehead atoms. The third-order valence-electron chi connectivity index (χ3n) is 4.17. The Kier molecular flexibility index (Phi) is 4.80. The van der Waals surface area contributed by atoms with E-state index < -0.39 is 7.29 Å². The first-order valence-corrected chi connectivity index (χ1v) is 10.4. The third kappa shape index (κ3) is 3.39. The maximum Gasteiger partial charge on any atom is 0.250 e. The average Bonchev–Trinajstić information content (AvgIpc) is 3.19. The first kappa shape index (κ1) is 17.5. The first-order chi connectivity index (χ1) is 13.2. The number of hydrogen-bond donors (Lipinski definition) is 1. The van der Waals surface area contributed by atoms with E-state index in [1.165, 1.54) is 0 Å². The van der Waals surface area contributed by atoms with Crippen LogP contribution in [0, 0.1) is 0 Å². The second-order valence-corrected chi connectivity index (χ2v) is 8.93. The molecule has 0 spiro atoms. The lowest BCUT2D eigenvalue weighted by atomic mass is 10.2. The zero-order valence-corrected chi connectivity index (χ0v) is 15.9. The zero-order valence-electron chi connectivity index (χ0n) is 14.2. The maximum atomic E-state index is 14.4. The molecule has 1 N–H and O–H groups in total. The van der Waals surface area contributed by atoms with Crippen molar-refractivity contribution >= 4 is 35.6 Å². The molecule has 0 aliphatic carbocycles. The minimum atomic E-state index is -3.23. The van der Waals surface area contributed by atoms with Gasteiger partial charge in [-0.25, -0.2) is 0 Å². The van der Waals surface area contributed by atoms with Crippen LogP contribution in [0.15, 0.2) is 101 Å². The van der Waals surface area contributed by atoms with Gasteiger partial charge in [0.2, 0.25) is 7.29 Å². The largest absolute Gasteiger partial charge is 0.288 e. The van der Waals surface area contributed by atoms with Gasteiger partial charge in [-0.2, -0.15) is 10.3 Å². The Labute approximate surface area is 162 Å². The van der Waals surface area contributed by atoms with Crippen LogP contribution in [0.4, 0.5) is 0 Å². The summed E-state index contributed by atoms with van der Waals surface area (Å²) in [6.07, 6.45) is 1.82. The quantitative estimate of drug-likeness (QED) is 0.649. The van der Waals surface area contributed by atoms with E-state index in [2.05, 4.69) is 15.9 Å². The topological polar surface area (TPSA) is 57.1 Å². The van der Waals surface area contributed by atoms with Crippen LogP contribution >= 0.6 is 18.9 Å². The fourth-order valence-corrected chi connectivity index (χ4v) is 5.45. The summed E-state index contributed by atoms with van der Waals surface area (Å²) in [5.74, 6) is 0.466. The van der Waals surface area contributed by atoms with Gasteiger partial charge >= 0.3 is 0 Å². The number of rotatable bonds is 4. The summed E-state index contributed by atoms with van der Waals surface area (Å²) in [5, 5.41) is 10.1. The first-order valence-electron chi connectivity index (χ1n) is 8.33. The van der Waals surface area contributed by atoms with Gasteiger partial charge in [0.05, 0.1) is 0 Å². The Morgan fingerprint density at radius 3 is 1.96 bits per heavy atom. The molecular weight excluding hydrogens is 379 g/mol. The molecule has 3 aromatic carbocycles. The van der Waals surface area contributed by atoms with Gasteiger partial charge in [0.25, 0.3) is 0 Å². The van der Waals surface area contributed by atoms with Crippen LogP contribution in [0.3, 0.4) is 0 Å². The van der Waals surface area contributed by atoms with E-state index in [9.17, 15) is 4.57 Å². The van der Waals surface area contributed by atoms with E-state index >= 15 is 0 Å². The summed E-state index contributed by atoms with van der Waals surface area (Å²) in [6, 6.07) is 26.0. The Bertz CT molecular complexity index is 993. The van der Waals surface area contributed by atoms with Crippen LogP contribution in [0.25, 0.3) is 6.08 Å². The second kappa shape index (κ2) is 7.39. The summed E-state index contributed by atoms with van der Waals surface area (Å²) in [4.78, 5) is 0. The molecule has 0 radical (unpaired) electrons. The highest BCUT2D eigenvalue weighted by Gasteiger charge is 2.38. The van der Waals surface area contributed by atoms with Gasteiger partial charge in [-0.15, -0.1) is 5.11 Å². The van der Waals surface area contributed by atoms with Crippen LogP contribution in [0.1, 0.15) is 5.56 Å². The van der Waals surface area contributed by atoms with Crippen molar-refractivity contribution in [2.24, 2.45) is 10.3 Å². The molecule has 0 aromatic heterocycles. The Balaban J connectivity index is 1.83. The predicted molar refractivity (Wildman–Crippen MR) is 109 cm³/mol. The van der Waals surface area contributed by atoms with E-state index in [0.29, 0.717) is 21.5 Å². The molecule has 0 unspecified atom stereocenters. The zero-order chi connectivity index (χ0) is 18.7. The summed E-state index contributed by atoms with van der Waals surface area (Å²) in [5.41, 5.74) is 3.69. The predicted octanol–water partition coefficient (Wildman–Crippen LogP) is 4.75. The number of hydrazine groups is 1. The highest BCUT2D eigenvalue weighted by Crippen LogP contribution is 2.50. The number of nitrogens with zero attached hydrogens (tertiary/aromatic N) is 3. The van der Waals surface area contributed by atoms with Gasteiger partial charge < -0.3 is 0 Å². The minimum Gasteiger partial charge on any atom is -0.288 e. The van der Waals surface area contributed by atoms with Crippen molar-refractivity contribution in [1.82, 2.24) is 10.3 Å². The lowest BCUT2D eigenvalue weighted by Crippen LogP contribution is -2.35. The van der Waals surface area contributed by atoms with Gasteiger partial charge in [0, 0.05) is 15.6 Å². The smallest absolute Gasteiger partial charge is 0.250 e. The van der Waals surface area contributed by atoms with Gasteiger partial charge in [0.1, 0.15) is 0 Å². The summed E-state index contributed by atoms with van der Waals surface area (Å²) in [7, 11) is -3.23. The molecule has 4 rings (SSSR count). The summed E-state index contributed by atoms with van der Waals surface area (Å²) < 4.78 is 15.9. The molecule has 0 saturated heterocycles. The standard InChI is InChI=1S/C20H16ClN4OP/c21-17-13-11-16(12-14-17)15-20-22-23-24-25(20)27(26,18-7-3-1-4-8-18)19-9-5-2-6-10-19/h1-15H,(H,22,24)/b20-15-. The van der Waals surface area contributed by atoms with Crippen LogP contribution in [-0.2, 0) is 4.57 Å². The van der Waals surface area contributed by atoms with E-state index in [-0.39, 0.29) is 0 Å². The second-order valence-electron chi connectivity index (χ2n) is 5.91. The molecule has 0 amide bonds. The Morgan fingerprint density at radius 1 is 0.852 bits per heavy atom. The molecule has 5 nitrogen and oxygen atoms in total. The van der Waals surface area contributed by atoms with Crippen molar-refractivity contribution in [3.05, 3.63) is 101 Å². The molecule has 134 valence electrons. The lowest BCUT2D eigenvalue weighted by molar-refractivity contribution is 0.433. The number of halogens is 1. The maximum absolute atomic E-state index is 14.4. The molecule has 27 heavy (non-hydrogen) atoms. The van der Waals surface area contributed by atoms with E-state index in [1.54, 1.807) is 16.9 Å². The van der Waals surface area contributed by atoms with E-state index in [0.717, 1.165) is 5.56 Å². The van der Waals surface area contributed by atoms with Gasteiger partial charge in [-0.1, -0.05) is 65.4 Å². The van der Waals surface area contributed by atoms with Crippen molar-refractivity contribution in [1.29, 1.82) is 0 Å². The van der Waals surface area contributed by atoms with Gasteiger partial charge in [-0.3, -0.25) is 4.57 Å². The van der Waals surface area contributed by atoms with Crippen LogP contribution < -0.4 is 16.1 Å². The average molecular weight is 395 g/mol. The van der Waals surface area contributed by atoms with Crippen molar-refractivity contribution < 1.29 is 4.57 Å². The van der Waals surface area contributed by atoms with E-state index in [1.807, 2.05) is 78.9 Å². The summed E-state index contributed by atoms with van der Waals surface area (Å²) >= 11 is 5.96. The van der Waals surface area contributed by atoms with Gasteiger partial charge in [0.15, 0.2) is 5.82 Å².